The van der Waals surface area contributed by atoms with Crippen molar-refractivity contribution in [2.75, 3.05) is 10.6 Å². The quantitative estimate of drug-likeness (QED) is 0.116. The van der Waals surface area contributed by atoms with Crippen LogP contribution in [0.5, 0.6) is 0 Å². The van der Waals surface area contributed by atoms with E-state index in [2.05, 4.69) is 23.8 Å². The van der Waals surface area contributed by atoms with Crippen molar-refractivity contribution in [1.82, 2.24) is 0 Å². The van der Waals surface area contributed by atoms with Crippen LogP contribution in [0.2, 0.25) is 0 Å². The third kappa shape index (κ3) is 6.61. The Morgan fingerprint density at radius 1 is 0.604 bits per heavy atom. The van der Waals surface area contributed by atoms with Gasteiger partial charge < -0.3 is 15.7 Å². The van der Waals surface area contributed by atoms with E-state index in [1.165, 1.54) is 48.6 Å². The van der Waals surface area contributed by atoms with Gasteiger partial charge in [-0.25, -0.2) is 4.79 Å². The highest BCUT2D eigenvalue weighted by Gasteiger charge is 2.72. The lowest BCUT2D eigenvalue weighted by Crippen LogP contribution is -2.54. The Hall–Kier alpha value is -5.98. The topological polar surface area (TPSA) is 113 Å². The minimum atomic E-state index is -5.92. The first kappa shape index (κ1) is 34.9. The van der Waals surface area contributed by atoms with Crippen molar-refractivity contribution in [3.05, 3.63) is 143 Å². The molecule has 4 aromatic carbocycles. The molecule has 0 fully saturated rings. The molecular formula is C35H24F6N2O5. The molecule has 3 N–H and O–H groups in total. The van der Waals surface area contributed by atoms with E-state index < -0.39 is 52.2 Å². The van der Waals surface area contributed by atoms with E-state index in [0.717, 1.165) is 24.3 Å². The lowest BCUT2D eigenvalue weighted by molar-refractivity contribution is -0.288. The van der Waals surface area contributed by atoms with E-state index in [1.807, 2.05) is 0 Å². The van der Waals surface area contributed by atoms with Gasteiger partial charge in [-0.15, -0.1) is 0 Å². The highest BCUT2D eigenvalue weighted by molar-refractivity contribution is 6.11. The van der Waals surface area contributed by atoms with Crippen molar-refractivity contribution >= 4 is 47.6 Å². The van der Waals surface area contributed by atoms with Gasteiger partial charge in [-0.3, -0.25) is 14.4 Å². The van der Waals surface area contributed by atoms with Gasteiger partial charge in [-0.2, -0.15) is 26.3 Å². The molecule has 0 aliphatic heterocycles. The number of benzene rings is 4. The summed E-state index contributed by atoms with van der Waals surface area (Å²) in [7, 11) is 0. The van der Waals surface area contributed by atoms with Crippen LogP contribution in [0.25, 0.3) is 12.2 Å². The molecule has 48 heavy (non-hydrogen) atoms. The summed E-state index contributed by atoms with van der Waals surface area (Å²) in [4.78, 5) is 48.7. The number of aromatic carboxylic acids is 1. The van der Waals surface area contributed by atoms with Crippen molar-refractivity contribution in [2.45, 2.75) is 17.8 Å². The van der Waals surface area contributed by atoms with Crippen LogP contribution >= 0.6 is 0 Å². The summed E-state index contributed by atoms with van der Waals surface area (Å²) in [6.07, 6.45) is -8.65. The summed E-state index contributed by atoms with van der Waals surface area (Å²) in [5.41, 5.74) is -7.20. The maximum Gasteiger partial charge on any atom is 0.411 e. The molecule has 0 unspecified atom stereocenters. The van der Waals surface area contributed by atoms with Gasteiger partial charge in [0, 0.05) is 16.9 Å². The highest BCUT2D eigenvalue weighted by Crippen LogP contribution is 2.56. The van der Waals surface area contributed by atoms with Crippen molar-refractivity contribution in [3.8, 4) is 0 Å². The summed E-state index contributed by atoms with van der Waals surface area (Å²) in [5.74, 6) is -3.25. The maximum atomic E-state index is 14.7. The lowest BCUT2D eigenvalue weighted by atomic mass is 9.73. The number of carbonyl (C=O) groups is 4. The zero-order chi connectivity index (χ0) is 35.4. The predicted molar refractivity (Wildman–Crippen MR) is 167 cm³/mol. The average Bonchev–Trinajstić information content (AvgIpc) is 3.04. The van der Waals surface area contributed by atoms with E-state index >= 15 is 0 Å². The van der Waals surface area contributed by atoms with Crippen LogP contribution in [0, 0.1) is 0 Å². The molecule has 13 heteroatoms. The van der Waals surface area contributed by atoms with E-state index in [9.17, 15) is 50.6 Å². The van der Waals surface area contributed by atoms with Gasteiger partial charge in [0.2, 0.25) is 5.41 Å². The Kier molecular flexibility index (Phi) is 9.74. The maximum absolute atomic E-state index is 14.7. The molecule has 7 nitrogen and oxygen atoms in total. The van der Waals surface area contributed by atoms with Gasteiger partial charge in [0.05, 0.1) is 16.7 Å². The molecule has 0 heterocycles. The largest absolute Gasteiger partial charge is 0.478 e. The van der Waals surface area contributed by atoms with E-state index in [4.69, 9.17) is 0 Å². The zero-order valence-electron chi connectivity index (χ0n) is 24.6. The van der Waals surface area contributed by atoms with Crippen molar-refractivity contribution < 1.29 is 50.6 Å². The fraction of sp³-hybridized carbons (Fsp3) is 0.0857. The van der Waals surface area contributed by atoms with Crippen LogP contribution in [-0.2, 0) is 5.41 Å². The smallest absolute Gasteiger partial charge is 0.411 e. The minimum Gasteiger partial charge on any atom is -0.478 e. The first-order chi connectivity index (χ1) is 22.6. The molecule has 4 rings (SSSR count). The Morgan fingerprint density at radius 3 is 1.42 bits per heavy atom. The van der Waals surface area contributed by atoms with Gasteiger partial charge in [0.25, 0.3) is 11.8 Å². The van der Waals surface area contributed by atoms with Crippen LogP contribution in [-0.4, -0.2) is 41.5 Å². The number of carbonyl (C=O) groups excluding carboxylic acids is 3. The number of carboxylic acids is 1. The summed E-state index contributed by atoms with van der Waals surface area (Å²) in [5, 5.41) is 14.1. The molecule has 0 aliphatic carbocycles. The molecule has 0 saturated heterocycles. The predicted octanol–water partition coefficient (Wildman–Crippen LogP) is 8.40. The van der Waals surface area contributed by atoms with Crippen molar-refractivity contribution in [1.29, 1.82) is 0 Å². The molecule has 0 bridgehead atoms. The zero-order valence-corrected chi connectivity index (χ0v) is 24.6. The molecule has 0 spiro atoms. The van der Waals surface area contributed by atoms with Crippen LogP contribution in [0.15, 0.2) is 98.1 Å². The van der Waals surface area contributed by atoms with Gasteiger partial charge in [0.15, 0.2) is 6.29 Å². The van der Waals surface area contributed by atoms with E-state index in [1.54, 1.807) is 0 Å². The molecule has 4 aromatic rings. The van der Waals surface area contributed by atoms with Gasteiger partial charge in [0.1, 0.15) is 0 Å². The molecule has 0 atom stereocenters. The van der Waals surface area contributed by atoms with E-state index in [0.29, 0.717) is 41.7 Å². The highest BCUT2D eigenvalue weighted by atomic mass is 19.4. The third-order valence-corrected chi connectivity index (χ3v) is 7.44. The average molecular weight is 667 g/mol. The van der Waals surface area contributed by atoms with Gasteiger partial charge in [-0.05, 0) is 70.8 Å². The number of aldehydes is 1. The number of hydrogen-bond donors (Lipinski definition) is 3. The normalized spacial score (nSPS) is 11.7. The van der Waals surface area contributed by atoms with Crippen LogP contribution in [0.3, 0.4) is 0 Å². The van der Waals surface area contributed by atoms with E-state index in [-0.39, 0.29) is 28.1 Å². The standard InChI is InChI=1S/C35H24F6N2O5/c1-3-20-5-15-27(22(17-20)19-44)30(45)42-25-11-7-23(8-12-25)33(34(36,37)38,35(39,40)41)24-9-13-26(14-10-24)43-31(46)28-16-6-21(4-2)18-29(28)32(47)48/h3-19H,1-2H2,(H,42,45)(H,43,46)(H,47,48). The molecular weight excluding hydrogens is 642 g/mol. The summed E-state index contributed by atoms with van der Waals surface area (Å²) >= 11 is 0. The number of anilines is 2. The molecule has 0 aliphatic rings. The van der Waals surface area contributed by atoms with Crippen molar-refractivity contribution in [2.24, 2.45) is 0 Å². The van der Waals surface area contributed by atoms with Gasteiger partial charge >= 0.3 is 18.3 Å². The molecule has 0 aromatic heterocycles. The number of halogens is 6. The summed E-state index contributed by atoms with van der Waals surface area (Å²) < 4.78 is 88.0. The molecule has 0 saturated carbocycles. The van der Waals surface area contributed by atoms with Crippen molar-refractivity contribution in [3.63, 3.8) is 0 Å². The number of amides is 2. The van der Waals surface area contributed by atoms with Crippen LogP contribution in [0.4, 0.5) is 37.7 Å². The number of alkyl halides is 6. The fourth-order valence-electron chi connectivity index (χ4n) is 5.06. The number of nitrogens with one attached hydrogen (secondary N) is 2. The second-order valence-corrected chi connectivity index (χ2v) is 10.3. The lowest BCUT2D eigenvalue weighted by Gasteiger charge is -2.38. The third-order valence-electron chi connectivity index (χ3n) is 7.44. The van der Waals surface area contributed by atoms with Crippen LogP contribution in [0.1, 0.15) is 63.7 Å². The summed E-state index contributed by atoms with van der Waals surface area (Å²) in [6, 6.07) is 13.6. The first-order valence-electron chi connectivity index (χ1n) is 13.8. The molecule has 246 valence electrons. The Bertz CT molecular complexity index is 1900. The number of hydrogen-bond acceptors (Lipinski definition) is 4. The van der Waals surface area contributed by atoms with Gasteiger partial charge in [-0.1, -0.05) is 61.7 Å². The second kappa shape index (κ2) is 13.4. The monoisotopic (exact) mass is 666 g/mol. The molecule has 2 amide bonds. The number of carboxylic acid groups (broad SMARTS) is 1. The minimum absolute atomic E-state index is 0.0118. The first-order valence-corrected chi connectivity index (χ1v) is 13.8. The summed E-state index contributed by atoms with van der Waals surface area (Å²) in [6.45, 7) is 7.07. The Labute approximate surface area is 269 Å². The SMILES string of the molecule is C=Cc1ccc(C(=O)Nc2ccc(C(c3ccc(NC(=O)c4ccc(C=C)cc4C(=O)O)cc3)(C(F)(F)F)C(F)(F)F)cc2)c(C=O)c1. The fourth-order valence-corrected chi connectivity index (χ4v) is 5.06. The van der Waals surface area contributed by atoms with Crippen LogP contribution < -0.4 is 10.6 Å². The molecule has 0 radical (unpaired) electrons. The Balaban J connectivity index is 1.68. The second-order valence-electron chi connectivity index (χ2n) is 10.3. The number of rotatable bonds is 10. The Morgan fingerprint density at radius 2 is 1.02 bits per heavy atom.